The maximum atomic E-state index is 6.95. The summed E-state index contributed by atoms with van der Waals surface area (Å²) >= 11 is 0. The molecule has 2 aliphatic heterocycles. The third-order valence-corrected chi connectivity index (χ3v) is 6.22. The predicted octanol–water partition coefficient (Wildman–Crippen LogP) is 5.70. The van der Waals surface area contributed by atoms with Crippen molar-refractivity contribution in [3.8, 4) is 0 Å². The Morgan fingerprint density at radius 3 is 1.31 bits per heavy atom. The van der Waals surface area contributed by atoms with Gasteiger partial charge in [0.15, 0.2) is 0 Å². The van der Waals surface area contributed by atoms with Crippen LogP contribution < -0.4 is 0 Å². The summed E-state index contributed by atoms with van der Waals surface area (Å²) in [4.78, 5) is 0. The molecule has 0 bridgehead atoms. The zero-order valence-electron chi connectivity index (χ0n) is 17.8. The van der Waals surface area contributed by atoms with Gasteiger partial charge in [-0.2, -0.15) is 0 Å². The van der Waals surface area contributed by atoms with Gasteiger partial charge in [0, 0.05) is 0 Å². The van der Waals surface area contributed by atoms with Crippen molar-refractivity contribution in [3.05, 3.63) is 83.9 Å². The van der Waals surface area contributed by atoms with Crippen LogP contribution in [0.5, 0.6) is 0 Å². The molecule has 2 aromatic rings. The fraction of sp³-hybridized carbons (Fsp3) is 0.385. The second kappa shape index (κ2) is 7.24. The molecular formula is C26H30O3. The first-order chi connectivity index (χ1) is 13.7. The first kappa shape index (κ1) is 20.1. The molecule has 152 valence electrons. The van der Waals surface area contributed by atoms with Gasteiger partial charge in [-0.05, 0) is 49.9 Å². The van der Waals surface area contributed by atoms with Crippen LogP contribution >= 0.6 is 0 Å². The molecule has 2 aromatic carbocycles. The summed E-state index contributed by atoms with van der Waals surface area (Å²) < 4.78 is 18.4. The fourth-order valence-corrected chi connectivity index (χ4v) is 3.97. The number of hydrogen-bond donors (Lipinski definition) is 0. The van der Waals surface area contributed by atoms with Gasteiger partial charge in [0.05, 0.1) is 13.2 Å². The van der Waals surface area contributed by atoms with E-state index in [1.54, 1.807) is 0 Å². The SMILES string of the molecule is C=C(C)c1ccc(C(C)(OC(C)(c2ccc(C(=C)C)cc2)C2CO2)C2CO2)cc1. The normalized spacial score (nSPS) is 24.3. The van der Waals surface area contributed by atoms with Crippen molar-refractivity contribution < 1.29 is 14.2 Å². The third-order valence-electron chi connectivity index (χ3n) is 6.22. The first-order valence-electron chi connectivity index (χ1n) is 10.2. The van der Waals surface area contributed by atoms with Gasteiger partial charge in [-0.25, -0.2) is 0 Å². The lowest BCUT2D eigenvalue weighted by atomic mass is 9.86. The predicted molar refractivity (Wildman–Crippen MR) is 118 cm³/mol. The first-order valence-corrected chi connectivity index (χ1v) is 10.2. The number of benzene rings is 2. The summed E-state index contributed by atoms with van der Waals surface area (Å²) in [6.45, 7) is 17.8. The summed E-state index contributed by atoms with van der Waals surface area (Å²) in [7, 11) is 0. The Morgan fingerprint density at radius 2 is 1.07 bits per heavy atom. The molecule has 4 unspecified atom stereocenters. The zero-order valence-corrected chi connectivity index (χ0v) is 17.8. The van der Waals surface area contributed by atoms with Gasteiger partial charge < -0.3 is 14.2 Å². The van der Waals surface area contributed by atoms with Crippen molar-refractivity contribution in [3.63, 3.8) is 0 Å². The number of ether oxygens (including phenoxy) is 3. The minimum atomic E-state index is -0.568. The highest BCUT2D eigenvalue weighted by Crippen LogP contribution is 2.47. The molecule has 0 spiro atoms. The Bertz CT molecular complexity index is 842. The van der Waals surface area contributed by atoms with Crippen LogP contribution in [0.3, 0.4) is 0 Å². The van der Waals surface area contributed by atoms with Crippen LogP contribution in [0.2, 0.25) is 0 Å². The number of allylic oxidation sites excluding steroid dienone is 2. The van der Waals surface area contributed by atoms with Crippen LogP contribution in [-0.2, 0) is 25.4 Å². The Morgan fingerprint density at radius 1 is 0.759 bits per heavy atom. The summed E-state index contributed by atoms with van der Waals surface area (Å²) in [5.74, 6) is 0. The molecule has 2 fully saturated rings. The van der Waals surface area contributed by atoms with E-state index < -0.39 is 11.2 Å². The van der Waals surface area contributed by atoms with Crippen molar-refractivity contribution in [1.29, 1.82) is 0 Å². The second-order valence-electron chi connectivity index (χ2n) is 8.68. The van der Waals surface area contributed by atoms with E-state index in [0.29, 0.717) is 13.2 Å². The van der Waals surface area contributed by atoms with Crippen molar-refractivity contribution in [2.45, 2.75) is 51.1 Å². The van der Waals surface area contributed by atoms with Crippen molar-refractivity contribution >= 4 is 11.1 Å². The average Bonchev–Trinajstić information content (AvgIpc) is 3.58. The highest BCUT2D eigenvalue weighted by molar-refractivity contribution is 5.62. The lowest BCUT2D eigenvalue weighted by molar-refractivity contribution is -0.171. The topological polar surface area (TPSA) is 34.3 Å². The number of epoxide rings is 2. The van der Waals surface area contributed by atoms with Crippen molar-refractivity contribution in [2.75, 3.05) is 13.2 Å². The molecule has 2 heterocycles. The quantitative estimate of drug-likeness (QED) is 0.543. The van der Waals surface area contributed by atoms with Crippen LogP contribution in [0.1, 0.15) is 49.9 Å². The molecule has 2 saturated heterocycles. The molecule has 0 aliphatic carbocycles. The summed E-state index contributed by atoms with van der Waals surface area (Å²) in [5.41, 5.74) is 5.45. The van der Waals surface area contributed by atoms with Crippen LogP contribution in [0.4, 0.5) is 0 Å². The van der Waals surface area contributed by atoms with E-state index in [1.165, 1.54) is 0 Å². The minimum Gasteiger partial charge on any atom is -0.370 e. The van der Waals surface area contributed by atoms with Gasteiger partial charge in [0.25, 0.3) is 0 Å². The number of hydrogen-bond acceptors (Lipinski definition) is 3. The van der Waals surface area contributed by atoms with E-state index in [2.05, 4.69) is 75.5 Å². The smallest absolute Gasteiger partial charge is 0.120 e. The van der Waals surface area contributed by atoms with Gasteiger partial charge >= 0.3 is 0 Å². The van der Waals surface area contributed by atoms with E-state index in [0.717, 1.165) is 33.4 Å². The highest BCUT2D eigenvalue weighted by Gasteiger charge is 2.55. The van der Waals surface area contributed by atoms with Crippen LogP contribution in [0, 0.1) is 0 Å². The summed E-state index contributed by atoms with van der Waals surface area (Å²) in [6, 6.07) is 16.9. The third kappa shape index (κ3) is 3.83. The van der Waals surface area contributed by atoms with Gasteiger partial charge in [0.1, 0.15) is 23.4 Å². The summed E-state index contributed by atoms with van der Waals surface area (Å²) in [6.07, 6.45) is 0.0666. The van der Waals surface area contributed by atoms with Crippen molar-refractivity contribution in [2.24, 2.45) is 0 Å². The van der Waals surface area contributed by atoms with Crippen LogP contribution in [0.15, 0.2) is 61.7 Å². The van der Waals surface area contributed by atoms with Gasteiger partial charge in [-0.1, -0.05) is 72.8 Å². The molecule has 0 aromatic heterocycles. The molecule has 4 rings (SSSR count). The van der Waals surface area contributed by atoms with E-state index in [-0.39, 0.29) is 12.2 Å². The molecule has 29 heavy (non-hydrogen) atoms. The standard InChI is InChI=1S/C26H30O3/c1-17(2)19-7-11-21(12-8-19)25(5,23-15-27-23)29-26(6,24-16-28-24)22-13-9-20(10-14-22)18(3)4/h7-14,23-24H,1,3,15-16H2,2,4-6H3. The molecular weight excluding hydrogens is 360 g/mol. The fourth-order valence-electron chi connectivity index (χ4n) is 3.97. The maximum absolute atomic E-state index is 6.95. The molecule has 4 atom stereocenters. The Labute approximate surface area is 174 Å². The highest BCUT2D eigenvalue weighted by atomic mass is 16.6. The lowest BCUT2D eigenvalue weighted by Crippen LogP contribution is -2.44. The van der Waals surface area contributed by atoms with E-state index >= 15 is 0 Å². The largest absolute Gasteiger partial charge is 0.370 e. The monoisotopic (exact) mass is 390 g/mol. The zero-order chi connectivity index (χ0) is 20.8. The van der Waals surface area contributed by atoms with Crippen LogP contribution in [0.25, 0.3) is 11.1 Å². The lowest BCUT2D eigenvalue weighted by Gasteiger charge is -2.40. The Balaban J connectivity index is 1.69. The minimum absolute atomic E-state index is 0.0333. The van der Waals surface area contributed by atoms with E-state index in [4.69, 9.17) is 14.2 Å². The number of rotatable bonds is 8. The van der Waals surface area contributed by atoms with Gasteiger partial charge in [-0.15, -0.1) is 0 Å². The molecule has 0 N–H and O–H groups in total. The van der Waals surface area contributed by atoms with E-state index in [1.807, 2.05) is 13.8 Å². The molecule has 2 aliphatic rings. The van der Waals surface area contributed by atoms with Crippen LogP contribution in [-0.4, -0.2) is 25.4 Å². The Hall–Kier alpha value is -2.20. The average molecular weight is 391 g/mol. The Kier molecular flexibility index (Phi) is 5.02. The molecule has 0 amide bonds. The molecule has 0 radical (unpaired) electrons. The molecule has 3 nitrogen and oxygen atoms in total. The second-order valence-corrected chi connectivity index (χ2v) is 8.68. The van der Waals surface area contributed by atoms with Gasteiger partial charge in [-0.3, -0.25) is 0 Å². The maximum Gasteiger partial charge on any atom is 0.120 e. The van der Waals surface area contributed by atoms with Gasteiger partial charge in [0.2, 0.25) is 0 Å². The van der Waals surface area contributed by atoms with Crippen molar-refractivity contribution in [1.82, 2.24) is 0 Å². The molecule has 3 heteroatoms. The molecule has 0 saturated carbocycles. The summed E-state index contributed by atoms with van der Waals surface area (Å²) in [5, 5.41) is 0. The van der Waals surface area contributed by atoms with E-state index in [9.17, 15) is 0 Å².